The van der Waals surface area contributed by atoms with Crippen molar-refractivity contribution in [1.82, 2.24) is 15.1 Å². The van der Waals surface area contributed by atoms with Crippen LogP contribution in [-0.2, 0) is 18.2 Å². The van der Waals surface area contributed by atoms with Crippen molar-refractivity contribution in [3.63, 3.8) is 0 Å². The van der Waals surface area contributed by atoms with Gasteiger partial charge in [-0.15, -0.1) is 0 Å². The van der Waals surface area contributed by atoms with Crippen LogP contribution in [0, 0.1) is 13.8 Å². The summed E-state index contributed by atoms with van der Waals surface area (Å²) >= 11 is 0. The van der Waals surface area contributed by atoms with Crippen LogP contribution in [0.25, 0.3) is 0 Å². The number of aryl methyl sites for hydroxylation is 2. The van der Waals surface area contributed by atoms with E-state index in [4.69, 9.17) is 4.74 Å². The number of nitrogens with zero attached hydrogens (tertiary/aromatic N) is 2. The van der Waals surface area contributed by atoms with Gasteiger partial charge in [0.2, 0.25) is 0 Å². The van der Waals surface area contributed by atoms with Crippen molar-refractivity contribution >= 4 is 6.09 Å². The highest BCUT2D eigenvalue weighted by Gasteiger charge is 2.19. The third kappa shape index (κ3) is 4.58. The molecule has 0 saturated carbocycles. The van der Waals surface area contributed by atoms with Crippen molar-refractivity contribution in [3.05, 3.63) is 17.0 Å². The zero-order valence-corrected chi connectivity index (χ0v) is 13.0. The predicted octanol–water partition coefficient (Wildman–Crippen LogP) is 2.49. The predicted molar refractivity (Wildman–Crippen MR) is 75.2 cm³/mol. The van der Waals surface area contributed by atoms with Crippen molar-refractivity contribution < 1.29 is 9.53 Å². The molecule has 0 aliphatic rings. The first-order valence-electron chi connectivity index (χ1n) is 6.58. The molecule has 0 unspecified atom stereocenters. The Bertz CT molecular complexity index is 458. The summed E-state index contributed by atoms with van der Waals surface area (Å²) in [7, 11) is 1.93. The molecule has 1 aromatic rings. The summed E-state index contributed by atoms with van der Waals surface area (Å²) in [5, 5.41) is 7.23. The van der Waals surface area contributed by atoms with E-state index in [0.717, 1.165) is 17.8 Å². The van der Waals surface area contributed by atoms with E-state index in [0.29, 0.717) is 0 Å². The standard InChI is InChI=1S/C14H25N3O2/c1-9(15-13(18)19-14(4,5)6)8-12-10(2)16-17(7)11(12)3/h9H,8H2,1-7H3,(H,15,18)/t9-/m0/s1. The van der Waals surface area contributed by atoms with Gasteiger partial charge in [0.1, 0.15) is 5.60 Å². The van der Waals surface area contributed by atoms with Crippen molar-refractivity contribution in [2.24, 2.45) is 7.05 Å². The van der Waals surface area contributed by atoms with Gasteiger partial charge < -0.3 is 10.1 Å². The van der Waals surface area contributed by atoms with Crippen LogP contribution in [0.1, 0.15) is 44.6 Å². The molecule has 1 N–H and O–H groups in total. The average molecular weight is 267 g/mol. The Hall–Kier alpha value is -1.52. The Morgan fingerprint density at radius 1 is 1.42 bits per heavy atom. The summed E-state index contributed by atoms with van der Waals surface area (Å²) in [6, 6.07) is 0.0106. The highest BCUT2D eigenvalue weighted by Crippen LogP contribution is 2.14. The smallest absolute Gasteiger partial charge is 0.407 e. The van der Waals surface area contributed by atoms with Crippen LogP contribution in [-0.4, -0.2) is 27.5 Å². The number of alkyl carbamates (subject to hydrolysis) is 1. The summed E-state index contributed by atoms with van der Waals surface area (Å²) in [4.78, 5) is 11.7. The van der Waals surface area contributed by atoms with Gasteiger partial charge in [-0.2, -0.15) is 5.10 Å². The van der Waals surface area contributed by atoms with E-state index >= 15 is 0 Å². The molecule has 0 spiro atoms. The molecule has 1 heterocycles. The van der Waals surface area contributed by atoms with Crippen LogP contribution in [0.4, 0.5) is 4.79 Å². The van der Waals surface area contributed by atoms with Crippen molar-refractivity contribution in [1.29, 1.82) is 0 Å². The molecule has 0 fully saturated rings. The second-order valence-corrected chi connectivity index (χ2v) is 6.02. The maximum Gasteiger partial charge on any atom is 0.407 e. The highest BCUT2D eigenvalue weighted by atomic mass is 16.6. The Balaban J connectivity index is 2.61. The van der Waals surface area contributed by atoms with Crippen LogP contribution in [0.2, 0.25) is 0 Å². The SMILES string of the molecule is Cc1nn(C)c(C)c1C[C@H](C)NC(=O)OC(C)(C)C. The second kappa shape index (κ2) is 5.63. The van der Waals surface area contributed by atoms with Crippen molar-refractivity contribution in [2.75, 3.05) is 0 Å². The summed E-state index contributed by atoms with van der Waals surface area (Å²) < 4.78 is 7.11. The van der Waals surface area contributed by atoms with Crippen molar-refractivity contribution in [3.8, 4) is 0 Å². The Labute approximate surface area is 115 Å². The largest absolute Gasteiger partial charge is 0.444 e. The third-order valence-corrected chi connectivity index (χ3v) is 2.93. The fraction of sp³-hybridized carbons (Fsp3) is 0.714. The molecule has 5 heteroatoms. The Morgan fingerprint density at radius 3 is 2.42 bits per heavy atom. The molecule has 5 nitrogen and oxygen atoms in total. The molecular formula is C14H25N3O2. The molecule has 1 atom stereocenters. The number of hydrogen-bond donors (Lipinski definition) is 1. The maximum atomic E-state index is 11.7. The van der Waals surface area contributed by atoms with Gasteiger partial charge in [0.05, 0.1) is 5.69 Å². The van der Waals surface area contributed by atoms with E-state index in [2.05, 4.69) is 10.4 Å². The third-order valence-electron chi connectivity index (χ3n) is 2.93. The number of carbonyl (C=O) groups excluding carboxylic acids is 1. The van der Waals surface area contributed by atoms with E-state index < -0.39 is 5.60 Å². The molecule has 108 valence electrons. The number of hydrogen-bond acceptors (Lipinski definition) is 3. The number of rotatable bonds is 3. The molecule has 0 aliphatic carbocycles. The molecule has 1 rings (SSSR count). The summed E-state index contributed by atoms with van der Waals surface area (Å²) in [5.41, 5.74) is 2.86. The number of amides is 1. The Morgan fingerprint density at radius 2 is 2.00 bits per heavy atom. The van der Waals surface area contributed by atoms with Gasteiger partial charge in [0.25, 0.3) is 0 Å². The zero-order valence-electron chi connectivity index (χ0n) is 13.0. The maximum absolute atomic E-state index is 11.7. The summed E-state index contributed by atoms with van der Waals surface area (Å²) in [6.07, 6.45) is 0.379. The molecule has 1 amide bonds. The first-order valence-corrected chi connectivity index (χ1v) is 6.58. The van der Waals surface area contributed by atoms with Crippen LogP contribution in [0.15, 0.2) is 0 Å². The number of aromatic nitrogens is 2. The molecule has 0 bridgehead atoms. The fourth-order valence-electron chi connectivity index (χ4n) is 1.98. The van der Waals surface area contributed by atoms with Crippen LogP contribution < -0.4 is 5.32 Å². The lowest BCUT2D eigenvalue weighted by molar-refractivity contribution is 0.0508. The van der Waals surface area contributed by atoms with E-state index in [1.54, 1.807) is 0 Å². The van der Waals surface area contributed by atoms with Gasteiger partial charge in [-0.05, 0) is 53.5 Å². The molecular weight excluding hydrogens is 242 g/mol. The first kappa shape index (κ1) is 15.5. The minimum atomic E-state index is -0.468. The highest BCUT2D eigenvalue weighted by molar-refractivity contribution is 5.68. The van der Waals surface area contributed by atoms with Gasteiger partial charge in [0.15, 0.2) is 0 Å². The number of nitrogens with one attached hydrogen (secondary N) is 1. The fourth-order valence-corrected chi connectivity index (χ4v) is 1.98. The molecule has 1 aromatic heterocycles. The normalized spacial score (nSPS) is 13.2. The second-order valence-electron chi connectivity index (χ2n) is 6.02. The van der Waals surface area contributed by atoms with Gasteiger partial charge in [0, 0.05) is 18.8 Å². The monoisotopic (exact) mass is 267 g/mol. The van der Waals surface area contributed by atoms with E-state index in [1.807, 2.05) is 53.3 Å². The number of carbonyl (C=O) groups is 1. The lowest BCUT2D eigenvalue weighted by atomic mass is 10.1. The van der Waals surface area contributed by atoms with Crippen LogP contribution in [0.3, 0.4) is 0 Å². The summed E-state index contributed by atoms with van der Waals surface area (Å²) in [5.74, 6) is 0. The van der Waals surface area contributed by atoms with Gasteiger partial charge in [-0.25, -0.2) is 4.79 Å². The lowest BCUT2D eigenvalue weighted by Crippen LogP contribution is -2.38. The molecule has 0 radical (unpaired) electrons. The molecule has 19 heavy (non-hydrogen) atoms. The minimum Gasteiger partial charge on any atom is -0.444 e. The minimum absolute atomic E-state index is 0.0106. The Kier molecular flexibility index (Phi) is 4.61. The van der Waals surface area contributed by atoms with E-state index in [1.165, 1.54) is 5.56 Å². The average Bonchev–Trinajstić information content (AvgIpc) is 2.42. The van der Waals surface area contributed by atoms with E-state index in [-0.39, 0.29) is 12.1 Å². The molecule has 0 saturated heterocycles. The number of ether oxygens (including phenoxy) is 1. The quantitative estimate of drug-likeness (QED) is 0.915. The zero-order chi connectivity index (χ0) is 14.8. The van der Waals surface area contributed by atoms with Gasteiger partial charge >= 0.3 is 6.09 Å². The lowest BCUT2D eigenvalue weighted by Gasteiger charge is -2.22. The van der Waals surface area contributed by atoms with E-state index in [9.17, 15) is 4.79 Å². The summed E-state index contributed by atoms with van der Waals surface area (Å²) in [6.45, 7) is 11.6. The van der Waals surface area contributed by atoms with Crippen LogP contribution >= 0.6 is 0 Å². The van der Waals surface area contributed by atoms with Crippen LogP contribution in [0.5, 0.6) is 0 Å². The van der Waals surface area contributed by atoms with Gasteiger partial charge in [-0.1, -0.05) is 0 Å². The molecule has 0 aromatic carbocycles. The molecule has 0 aliphatic heterocycles. The van der Waals surface area contributed by atoms with Crippen molar-refractivity contribution in [2.45, 2.75) is 59.6 Å². The topological polar surface area (TPSA) is 56.2 Å². The van der Waals surface area contributed by atoms with Gasteiger partial charge in [-0.3, -0.25) is 4.68 Å². The first-order chi connectivity index (χ1) is 8.60.